The maximum absolute atomic E-state index is 4.28. The minimum atomic E-state index is 1.05. The number of thiazole rings is 1. The average molecular weight is 202 g/mol. The third-order valence-electron chi connectivity index (χ3n) is 2.11. The highest BCUT2D eigenvalue weighted by Crippen LogP contribution is 2.27. The highest BCUT2D eigenvalue weighted by molar-refractivity contribution is 7.13. The topological polar surface area (TPSA) is 12.9 Å². The molecule has 0 saturated carbocycles. The Morgan fingerprint density at radius 1 is 1.29 bits per heavy atom. The molecule has 0 aliphatic carbocycles. The second-order valence-corrected chi connectivity index (χ2v) is 3.99. The first kappa shape index (κ1) is 9.41. The van der Waals surface area contributed by atoms with Gasteiger partial charge >= 0.3 is 0 Å². The van der Waals surface area contributed by atoms with Gasteiger partial charge in [0.15, 0.2) is 5.51 Å². The first-order valence-corrected chi connectivity index (χ1v) is 5.64. The van der Waals surface area contributed by atoms with E-state index in [1.54, 1.807) is 11.3 Å². The Hall–Kier alpha value is -1.15. The standard InChI is InChI=1S/C12H12NS/c1-2-6-11-12(14-9-13-11)10-7-4-3-5-8-10/h3-5,7-8H,2,6H2,1H3. The Bertz CT molecular complexity index is 392. The summed E-state index contributed by atoms with van der Waals surface area (Å²) in [5.74, 6) is 0. The molecular weight excluding hydrogens is 190 g/mol. The van der Waals surface area contributed by atoms with Crippen molar-refractivity contribution in [1.29, 1.82) is 0 Å². The van der Waals surface area contributed by atoms with Crippen LogP contribution in [0.3, 0.4) is 0 Å². The third kappa shape index (κ3) is 1.85. The minimum Gasteiger partial charge on any atom is -0.238 e. The molecule has 1 aromatic carbocycles. The first-order chi connectivity index (χ1) is 6.92. The second kappa shape index (κ2) is 4.38. The van der Waals surface area contributed by atoms with Gasteiger partial charge in [0.2, 0.25) is 0 Å². The van der Waals surface area contributed by atoms with Gasteiger partial charge in [-0.25, -0.2) is 4.98 Å². The van der Waals surface area contributed by atoms with Gasteiger partial charge in [-0.05, 0) is 12.0 Å². The summed E-state index contributed by atoms with van der Waals surface area (Å²) in [6.07, 6.45) is 2.18. The van der Waals surface area contributed by atoms with Crippen LogP contribution in [-0.4, -0.2) is 4.98 Å². The van der Waals surface area contributed by atoms with Crippen LogP contribution in [0, 0.1) is 5.51 Å². The largest absolute Gasteiger partial charge is 0.238 e. The molecule has 1 nitrogen and oxygen atoms in total. The van der Waals surface area contributed by atoms with E-state index in [0.29, 0.717) is 0 Å². The molecule has 14 heavy (non-hydrogen) atoms. The van der Waals surface area contributed by atoms with E-state index in [1.807, 2.05) is 6.07 Å². The smallest absolute Gasteiger partial charge is 0.153 e. The molecule has 2 aromatic rings. The molecule has 1 heterocycles. The SMILES string of the molecule is CCCc1n[c]sc1-c1ccccc1. The number of nitrogens with zero attached hydrogens (tertiary/aromatic N) is 1. The lowest BCUT2D eigenvalue weighted by molar-refractivity contribution is 0.893. The van der Waals surface area contributed by atoms with E-state index in [9.17, 15) is 0 Å². The Balaban J connectivity index is 2.37. The molecule has 71 valence electrons. The minimum absolute atomic E-state index is 1.05. The monoisotopic (exact) mass is 202 g/mol. The number of hydrogen-bond donors (Lipinski definition) is 0. The van der Waals surface area contributed by atoms with Crippen LogP contribution in [0.25, 0.3) is 10.4 Å². The fraction of sp³-hybridized carbons (Fsp3) is 0.250. The van der Waals surface area contributed by atoms with E-state index in [1.165, 1.54) is 16.1 Å². The lowest BCUT2D eigenvalue weighted by Crippen LogP contribution is -1.85. The average Bonchev–Trinajstić information content (AvgIpc) is 2.68. The fourth-order valence-electron chi connectivity index (χ4n) is 1.45. The summed E-state index contributed by atoms with van der Waals surface area (Å²) in [5, 5.41) is 0. The Labute approximate surface area is 88.4 Å². The Morgan fingerprint density at radius 3 is 2.79 bits per heavy atom. The van der Waals surface area contributed by atoms with Gasteiger partial charge in [-0.1, -0.05) is 43.7 Å². The summed E-state index contributed by atoms with van der Waals surface area (Å²) >= 11 is 1.61. The summed E-state index contributed by atoms with van der Waals surface area (Å²) in [4.78, 5) is 5.55. The zero-order chi connectivity index (χ0) is 9.80. The van der Waals surface area contributed by atoms with Crippen LogP contribution in [0.1, 0.15) is 19.0 Å². The quantitative estimate of drug-likeness (QED) is 0.741. The molecule has 0 fully saturated rings. The van der Waals surface area contributed by atoms with Crippen LogP contribution in [0.2, 0.25) is 0 Å². The van der Waals surface area contributed by atoms with Crippen LogP contribution < -0.4 is 0 Å². The summed E-state index contributed by atoms with van der Waals surface area (Å²) in [6.45, 7) is 2.17. The van der Waals surface area contributed by atoms with Crippen molar-refractivity contribution in [2.75, 3.05) is 0 Å². The predicted molar refractivity (Wildman–Crippen MR) is 60.4 cm³/mol. The number of rotatable bonds is 3. The molecule has 0 aliphatic heterocycles. The predicted octanol–water partition coefficient (Wildman–Crippen LogP) is 3.56. The lowest BCUT2D eigenvalue weighted by Gasteiger charge is -1.99. The molecule has 0 saturated heterocycles. The van der Waals surface area contributed by atoms with Gasteiger partial charge < -0.3 is 0 Å². The van der Waals surface area contributed by atoms with Gasteiger partial charge in [0.1, 0.15) is 0 Å². The first-order valence-electron chi connectivity index (χ1n) is 4.83. The number of aromatic nitrogens is 1. The van der Waals surface area contributed by atoms with Gasteiger partial charge in [0.05, 0.1) is 10.6 Å². The molecule has 2 rings (SSSR count). The summed E-state index contributed by atoms with van der Waals surface area (Å²) in [5.41, 5.74) is 5.42. The summed E-state index contributed by atoms with van der Waals surface area (Å²) < 4.78 is 0. The second-order valence-electron chi connectivity index (χ2n) is 3.20. The van der Waals surface area contributed by atoms with E-state index in [4.69, 9.17) is 0 Å². The van der Waals surface area contributed by atoms with Gasteiger partial charge in [-0.2, -0.15) is 0 Å². The number of benzene rings is 1. The highest BCUT2D eigenvalue weighted by Gasteiger charge is 2.06. The van der Waals surface area contributed by atoms with Crippen molar-refractivity contribution >= 4 is 11.3 Å². The molecule has 0 amide bonds. The Morgan fingerprint density at radius 2 is 2.07 bits per heavy atom. The molecule has 0 bridgehead atoms. The molecule has 0 atom stereocenters. The van der Waals surface area contributed by atoms with Gasteiger partial charge in [-0.15, -0.1) is 11.3 Å². The van der Waals surface area contributed by atoms with Crippen molar-refractivity contribution in [2.45, 2.75) is 19.8 Å². The Kier molecular flexibility index (Phi) is 2.94. The van der Waals surface area contributed by atoms with E-state index in [2.05, 4.69) is 41.7 Å². The number of aryl methyl sites for hydroxylation is 1. The molecule has 2 heteroatoms. The van der Waals surface area contributed by atoms with Crippen molar-refractivity contribution in [1.82, 2.24) is 4.98 Å². The summed E-state index contributed by atoms with van der Waals surface area (Å²) in [7, 11) is 0. The molecule has 0 unspecified atom stereocenters. The third-order valence-corrected chi connectivity index (χ3v) is 2.97. The zero-order valence-electron chi connectivity index (χ0n) is 8.16. The molecule has 1 aromatic heterocycles. The van der Waals surface area contributed by atoms with Crippen molar-refractivity contribution < 1.29 is 0 Å². The normalized spacial score (nSPS) is 10.4. The van der Waals surface area contributed by atoms with E-state index >= 15 is 0 Å². The number of hydrogen-bond acceptors (Lipinski definition) is 2. The van der Waals surface area contributed by atoms with Crippen LogP contribution in [0.15, 0.2) is 30.3 Å². The van der Waals surface area contributed by atoms with Crippen LogP contribution >= 0.6 is 11.3 Å². The van der Waals surface area contributed by atoms with Crippen LogP contribution in [0.5, 0.6) is 0 Å². The summed E-state index contributed by atoms with van der Waals surface area (Å²) in [6, 6.07) is 10.4. The van der Waals surface area contributed by atoms with Crippen molar-refractivity contribution in [3.63, 3.8) is 0 Å². The van der Waals surface area contributed by atoms with Gasteiger partial charge in [0.25, 0.3) is 0 Å². The van der Waals surface area contributed by atoms with Crippen LogP contribution in [0.4, 0.5) is 0 Å². The van der Waals surface area contributed by atoms with E-state index < -0.39 is 0 Å². The maximum atomic E-state index is 4.28. The maximum Gasteiger partial charge on any atom is 0.153 e. The van der Waals surface area contributed by atoms with Gasteiger partial charge in [-0.3, -0.25) is 0 Å². The molecular formula is C12H12NS. The van der Waals surface area contributed by atoms with Crippen LogP contribution in [-0.2, 0) is 6.42 Å². The zero-order valence-corrected chi connectivity index (χ0v) is 8.97. The van der Waals surface area contributed by atoms with Gasteiger partial charge in [0, 0.05) is 0 Å². The lowest BCUT2D eigenvalue weighted by atomic mass is 10.1. The van der Waals surface area contributed by atoms with Crippen molar-refractivity contribution in [2.24, 2.45) is 0 Å². The molecule has 1 radical (unpaired) electrons. The molecule has 0 spiro atoms. The molecule has 0 N–H and O–H groups in total. The molecule has 0 aliphatic rings. The van der Waals surface area contributed by atoms with Crippen molar-refractivity contribution in [3.8, 4) is 10.4 Å². The van der Waals surface area contributed by atoms with Crippen molar-refractivity contribution in [3.05, 3.63) is 41.5 Å². The van der Waals surface area contributed by atoms with E-state index in [-0.39, 0.29) is 0 Å². The fourth-order valence-corrected chi connectivity index (χ4v) is 2.22. The van der Waals surface area contributed by atoms with E-state index in [0.717, 1.165) is 12.8 Å². The highest BCUT2D eigenvalue weighted by atomic mass is 32.1.